The molecule has 144 valence electrons. The summed E-state index contributed by atoms with van der Waals surface area (Å²) in [6.07, 6.45) is 1.31. The number of hydrogen-bond acceptors (Lipinski definition) is 5. The highest BCUT2D eigenvalue weighted by Crippen LogP contribution is 2.25. The third-order valence-electron chi connectivity index (χ3n) is 4.81. The molecule has 5 nitrogen and oxygen atoms in total. The number of ether oxygens (including phenoxy) is 1. The van der Waals surface area contributed by atoms with Gasteiger partial charge in [-0.25, -0.2) is 4.79 Å². The van der Waals surface area contributed by atoms with Crippen LogP contribution in [0.2, 0.25) is 5.02 Å². The molecule has 2 aromatic rings. The van der Waals surface area contributed by atoms with E-state index in [9.17, 15) is 9.59 Å². The van der Waals surface area contributed by atoms with Crippen LogP contribution in [0, 0.1) is 0 Å². The van der Waals surface area contributed by atoms with Gasteiger partial charge < -0.3 is 9.64 Å². The van der Waals surface area contributed by atoms with Crippen LogP contribution in [0.4, 0.5) is 0 Å². The predicted molar refractivity (Wildman–Crippen MR) is 107 cm³/mol. The van der Waals surface area contributed by atoms with Gasteiger partial charge in [-0.05, 0) is 35.6 Å². The van der Waals surface area contributed by atoms with E-state index in [1.807, 2.05) is 28.5 Å². The van der Waals surface area contributed by atoms with Gasteiger partial charge in [0.1, 0.15) is 6.04 Å². The summed E-state index contributed by atoms with van der Waals surface area (Å²) >= 11 is 7.64. The number of methoxy groups -OCH3 is 1. The minimum absolute atomic E-state index is 0.171. The topological polar surface area (TPSA) is 49.9 Å². The van der Waals surface area contributed by atoms with E-state index in [1.165, 1.54) is 12.0 Å². The highest BCUT2D eigenvalue weighted by Gasteiger charge is 2.32. The summed E-state index contributed by atoms with van der Waals surface area (Å²) in [4.78, 5) is 30.0. The van der Waals surface area contributed by atoms with Gasteiger partial charge in [0.2, 0.25) is 5.91 Å². The maximum Gasteiger partial charge on any atom is 0.327 e. The van der Waals surface area contributed by atoms with Gasteiger partial charge in [-0.1, -0.05) is 29.8 Å². The lowest BCUT2D eigenvalue weighted by Gasteiger charge is -2.38. The van der Waals surface area contributed by atoms with Crippen LogP contribution < -0.4 is 0 Å². The lowest BCUT2D eigenvalue weighted by Crippen LogP contribution is -2.51. The second-order valence-corrected chi connectivity index (χ2v) is 7.94. The molecule has 27 heavy (non-hydrogen) atoms. The smallest absolute Gasteiger partial charge is 0.327 e. The summed E-state index contributed by atoms with van der Waals surface area (Å²) in [5.74, 6) is -0.126. The number of halogens is 1. The van der Waals surface area contributed by atoms with Crippen molar-refractivity contribution in [3.8, 4) is 0 Å². The second-order valence-electron chi connectivity index (χ2n) is 6.47. The van der Waals surface area contributed by atoms with E-state index >= 15 is 0 Å². The maximum absolute atomic E-state index is 12.5. The number of thiophene rings is 1. The summed E-state index contributed by atoms with van der Waals surface area (Å²) < 4.78 is 5.01. The number of rotatable bonds is 6. The summed E-state index contributed by atoms with van der Waals surface area (Å²) in [6, 6.07) is 10.8. The van der Waals surface area contributed by atoms with Crippen molar-refractivity contribution >= 4 is 34.8 Å². The lowest BCUT2D eigenvalue weighted by atomic mass is 10.0. The van der Waals surface area contributed by atoms with E-state index in [4.69, 9.17) is 16.3 Å². The first kappa shape index (κ1) is 19.9. The van der Waals surface area contributed by atoms with Crippen molar-refractivity contribution in [1.29, 1.82) is 0 Å². The Balaban J connectivity index is 1.59. The molecule has 1 atom stereocenters. The Bertz CT molecular complexity index is 756. The quantitative estimate of drug-likeness (QED) is 0.690. The molecule has 0 unspecified atom stereocenters. The average molecular weight is 407 g/mol. The zero-order chi connectivity index (χ0) is 19.2. The van der Waals surface area contributed by atoms with E-state index in [0.717, 1.165) is 12.0 Å². The van der Waals surface area contributed by atoms with E-state index in [2.05, 4.69) is 11.0 Å². The number of benzene rings is 1. The Morgan fingerprint density at radius 1 is 1.15 bits per heavy atom. The highest BCUT2D eigenvalue weighted by molar-refractivity contribution is 7.09. The zero-order valence-electron chi connectivity index (χ0n) is 15.3. The molecular weight excluding hydrogens is 384 g/mol. The molecule has 0 spiro atoms. The van der Waals surface area contributed by atoms with Crippen molar-refractivity contribution in [2.45, 2.75) is 18.9 Å². The van der Waals surface area contributed by atoms with Crippen molar-refractivity contribution in [2.24, 2.45) is 0 Å². The van der Waals surface area contributed by atoms with Gasteiger partial charge in [0.25, 0.3) is 0 Å². The van der Waals surface area contributed by atoms with Gasteiger partial charge in [0.15, 0.2) is 0 Å². The van der Waals surface area contributed by atoms with Crippen LogP contribution in [-0.2, 0) is 20.7 Å². The Morgan fingerprint density at radius 2 is 1.85 bits per heavy atom. The number of nitrogens with zero attached hydrogens (tertiary/aromatic N) is 2. The molecule has 0 aliphatic carbocycles. The molecule has 1 aliphatic rings. The molecule has 1 aromatic heterocycles. The number of carbonyl (C=O) groups excluding carboxylic acids is 2. The van der Waals surface area contributed by atoms with Crippen molar-refractivity contribution in [2.75, 3.05) is 33.3 Å². The molecular formula is C20H23ClN2O3S. The summed E-state index contributed by atoms with van der Waals surface area (Å²) in [7, 11) is 1.40. The molecule has 0 saturated carbocycles. The SMILES string of the molecule is COC(=O)[C@H](c1ccc(Cl)cc1)N1CCN(C(=O)CCc2cccs2)CC1. The number of piperazine rings is 1. The van der Waals surface area contributed by atoms with Crippen LogP contribution >= 0.6 is 22.9 Å². The average Bonchev–Trinajstić information content (AvgIpc) is 3.22. The molecule has 7 heteroatoms. The number of esters is 1. The fraction of sp³-hybridized carbons (Fsp3) is 0.400. The van der Waals surface area contributed by atoms with Gasteiger partial charge in [-0.15, -0.1) is 11.3 Å². The van der Waals surface area contributed by atoms with Crippen LogP contribution in [0.3, 0.4) is 0 Å². The van der Waals surface area contributed by atoms with Crippen LogP contribution in [-0.4, -0.2) is 55.0 Å². The molecule has 1 saturated heterocycles. The molecule has 1 fully saturated rings. The number of aryl methyl sites for hydroxylation is 1. The molecule has 0 bridgehead atoms. The largest absolute Gasteiger partial charge is 0.468 e. The van der Waals surface area contributed by atoms with E-state index in [1.54, 1.807) is 23.5 Å². The highest BCUT2D eigenvalue weighted by atomic mass is 35.5. The lowest BCUT2D eigenvalue weighted by molar-refractivity contribution is -0.148. The number of amides is 1. The third-order valence-corrected chi connectivity index (χ3v) is 6.00. The first-order valence-corrected chi connectivity index (χ1v) is 10.2. The van der Waals surface area contributed by atoms with Crippen molar-refractivity contribution < 1.29 is 14.3 Å². The fourth-order valence-electron chi connectivity index (χ4n) is 3.33. The first-order chi connectivity index (χ1) is 13.1. The van der Waals surface area contributed by atoms with Crippen molar-refractivity contribution in [1.82, 2.24) is 9.80 Å². The Kier molecular flexibility index (Phi) is 6.88. The molecule has 1 aromatic carbocycles. The van der Waals surface area contributed by atoms with Crippen LogP contribution in [0.5, 0.6) is 0 Å². The Morgan fingerprint density at radius 3 is 2.44 bits per heavy atom. The second kappa shape index (κ2) is 9.35. The fourth-order valence-corrected chi connectivity index (χ4v) is 4.16. The van der Waals surface area contributed by atoms with Gasteiger partial charge >= 0.3 is 5.97 Å². The normalized spacial score (nSPS) is 16.1. The van der Waals surface area contributed by atoms with Gasteiger partial charge in [-0.3, -0.25) is 9.69 Å². The Hall–Kier alpha value is -1.89. The standard InChI is InChI=1S/C20H23ClN2O3S/c1-26-20(25)19(15-4-6-16(21)7-5-15)23-12-10-22(11-13-23)18(24)9-8-17-3-2-14-27-17/h2-7,14,19H,8-13H2,1H3/t19-/m0/s1. The third kappa shape index (κ3) is 5.09. The molecule has 3 rings (SSSR count). The van der Waals surface area contributed by atoms with Gasteiger partial charge in [-0.2, -0.15) is 0 Å². The number of hydrogen-bond donors (Lipinski definition) is 0. The predicted octanol–water partition coefficient (Wildman–Crippen LogP) is 3.39. The maximum atomic E-state index is 12.5. The molecule has 2 heterocycles. The Labute approximate surface area is 168 Å². The van der Waals surface area contributed by atoms with E-state index < -0.39 is 6.04 Å². The minimum Gasteiger partial charge on any atom is -0.468 e. The zero-order valence-corrected chi connectivity index (χ0v) is 16.8. The first-order valence-electron chi connectivity index (χ1n) is 8.96. The van der Waals surface area contributed by atoms with Crippen LogP contribution in [0.25, 0.3) is 0 Å². The molecule has 0 N–H and O–H groups in total. The van der Waals surface area contributed by atoms with E-state index in [0.29, 0.717) is 37.6 Å². The minimum atomic E-state index is -0.476. The molecule has 0 radical (unpaired) electrons. The summed E-state index contributed by atoms with van der Waals surface area (Å²) in [5.41, 5.74) is 0.851. The molecule has 1 aliphatic heterocycles. The van der Waals surface area contributed by atoms with Crippen LogP contribution in [0.1, 0.15) is 22.9 Å². The van der Waals surface area contributed by atoms with Crippen LogP contribution in [0.15, 0.2) is 41.8 Å². The monoisotopic (exact) mass is 406 g/mol. The number of carbonyl (C=O) groups is 2. The van der Waals surface area contributed by atoms with Gasteiger partial charge in [0, 0.05) is 42.5 Å². The summed E-state index contributed by atoms with van der Waals surface area (Å²) in [6.45, 7) is 2.50. The summed E-state index contributed by atoms with van der Waals surface area (Å²) in [5, 5.41) is 2.66. The van der Waals surface area contributed by atoms with Gasteiger partial charge in [0.05, 0.1) is 7.11 Å². The van der Waals surface area contributed by atoms with E-state index in [-0.39, 0.29) is 11.9 Å². The van der Waals surface area contributed by atoms with Crippen molar-refractivity contribution in [3.63, 3.8) is 0 Å². The molecule has 1 amide bonds. The van der Waals surface area contributed by atoms with Crippen molar-refractivity contribution in [3.05, 3.63) is 57.2 Å².